The molecule has 0 rings (SSSR count). The number of rotatable bonds is 5. The van der Waals surface area contributed by atoms with E-state index in [0.717, 1.165) is 6.08 Å². The molecule has 5 heteroatoms. The molecule has 0 saturated carbocycles. The number of hydrogen-bond acceptors (Lipinski definition) is 4. The van der Waals surface area contributed by atoms with Gasteiger partial charge in [0.05, 0.1) is 25.9 Å². The van der Waals surface area contributed by atoms with Gasteiger partial charge in [-0.2, -0.15) is 0 Å². The van der Waals surface area contributed by atoms with Crippen LogP contribution in [0.15, 0.2) is 12.7 Å². The summed E-state index contributed by atoms with van der Waals surface area (Å²) in [4.78, 5) is 9.25. The summed E-state index contributed by atoms with van der Waals surface area (Å²) in [6.45, 7) is 5.23. The Bertz CT molecular complexity index is 132. The highest BCUT2D eigenvalue weighted by Gasteiger charge is 1.91. The maximum Gasteiger partial charge on any atom is 0.327 e. The van der Waals surface area contributed by atoms with Crippen molar-refractivity contribution in [2.24, 2.45) is 0 Å². The molecule has 3 N–H and O–H groups in total. The summed E-state index contributed by atoms with van der Waals surface area (Å²) in [6, 6.07) is 0. The van der Waals surface area contributed by atoms with E-state index in [9.17, 15) is 4.79 Å². The van der Waals surface area contributed by atoms with Crippen LogP contribution < -0.4 is 0 Å². The van der Waals surface area contributed by atoms with Crippen LogP contribution in [0.25, 0.3) is 0 Å². The topological polar surface area (TPSA) is 87.0 Å². The van der Waals surface area contributed by atoms with Crippen LogP contribution in [0.4, 0.5) is 0 Å². The van der Waals surface area contributed by atoms with E-state index in [1.807, 2.05) is 0 Å². The van der Waals surface area contributed by atoms with Crippen LogP contribution in [0.5, 0.6) is 0 Å². The molecule has 78 valence electrons. The van der Waals surface area contributed by atoms with Gasteiger partial charge in [0.15, 0.2) is 0 Å². The van der Waals surface area contributed by atoms with Crippen molar-refractivity contribution in [2.45, 2.75) is 13.0 Å². The normalized spacial score (nSPS) is 11.0. The first-order valence-corrected chi connectivity index (χ1v) is 3.76. The van der Waals surface area contributed by atoms with Crippen LogP contribution in [0.3, 0.4) is 0 Å². The van der Waals surface area contributed by atoms with Gasteiger partial charge in [0.2, 0.25) is 0 Å². The standard InChI is InChI=1S/C5H12O3.C3H4O2/c1-5(7)4-8-3-2-6;1-2-3(4)5/h5-7H,2-4H2,1H3;2H,1H2,(H,4,5). The van der Waals surface area contributed by atoms with Gasteiger partial charge in [0, 0.05) is 6.08 Å². The largest absolute Gasteiger partial charge is 0.478 e. The third kappa shape index (κ3) is 24.7. The summed E-state index contributed by atoms with van der Waals surface area (Å²) in [6.07, 6.45) is 0.404. The van der Waals surface area contributed by atoms with Crippen LogP contribution >= 0.6 is 0 Å². The first-order chi connectivity index (χ1) is 6.04. The van der Waals surface area contributed by atoms with Gasteiger partial charge in [-0.15, -0.1) is 0 Å². The first-order valence-electron chi connectivity index (χ1n) is 3.76. The lowest BCUT2D eigenvalue weighted by atomic mass is 10.4. The lowest BCUT2D eigenvalue weighted by Crippen LogP contribution is -2.12. The Hall–Kier alpha value is -0.910. The van der Waals surface area contributed by atoms with E-state index in [1.165, 1.54) is 0 Å². The van der Waals surface area contributed by atoms with Gasteiger partial charge in [0.1, 0.15) is 0 Å². The average Bonchev–Trinajstić information content (AvgIpc) is 2.05. The molecule has 5 nitrogen and oxygen atoms in total. The molecule has 0 aliphatic rings. The molecular weight excluding hydrogens is 176 g/mol. The Morgan fingerprint density at radius 2 is 2.15 bits per heavy atom. The summed E-state index contributed by atoms with van der Waals surface area (Å²) in [5, 5.41) is 24.3. The number of carbonyl (C=O) groups is 1. The van der Waals surface area contributed by atoms with Gasteiger partial charge in [-0.1, -0.05) is 6.58 Å². The first kappa shape index (κ1) is 14.6. The number of ether oxygens (including phenoxy) is 1. The Labute approximate surface area is 77.3 Å². The SMILES string of the molecule is C=CC(=O)O.CC(O)COCCO. The Balaban J connectivity index is 0. The van der Waals surface area contributed by atoms with Crippen molar-refractivity contribution in [3.8, 4) is 0 Å². The number of hydrogen-bond donors (Lipinski definition) is 3. The third-order valence-electron chi connectivity index (χ3n) is 0.769. The summed E-state index contributed by atoms with van der Waals surface area (Å²) in [5.74, 6) is -0.981. The summed E-state index contributed by atoms with van der Waals surface area (Å²) >= 11 is 0. The van der Waals surface area contributed by atoms with Crippen molar-refractivity contribution in [1.82, 2.24) is 0 Å². The second-order valence-corrected chi connectivity index (χ2v) is 2.19. The number of carboxylic acid groups (broad SMARTS) is 1. The van der Waals surface area contributed by atoms with Crippen molar-refractivity contribution in [3.63, 3.8) is 0 Å². The predicted molar refractivity (Wildman–Crippen MR) is 47.4 cm³/mol. The van der Waals surface area contributed by atoms with Crippen LogP contribution in [0.2, 0.25) is 0 Å². The molecule has 0 fully saturated rings. The van der Waals surface area contributed by atoms with E-state index < -0.39 is 12.1 Å². The molecule has 0 saturated heterocycles. The summed E-state index contributed by atoms with van der Waals surface area (Å²) < 4.78 is 4.74. The van der Waals surface area contributed by atoms with Crippen LogP contribution in [0.1, 0.15) is 6.92 Å². The molecule has 13 heavy (non-hydrogen) atoms. The second-order valence-electron chi connectivity index (χ2n) is 2.19. The Morgan fingerprint density at radius 1 is 1.69 bits per heavy atom. The zero-order valence-corrected chi connectivity index (χ0v) is 7.64. The predicted octanol–water partition coefficient (Wildman–Crippen LogP) is -0.367. The van der Waals surface area contributed by atoms with E-state index in [-0.39, 0.29) is 6.61 Å². The van der Waals surface area contributed by atoms with Crippen LogP contribution in [0, 0.1) is 0 Å². The van der Waals surface area contributed by atoms with E-state index in [0.29, 0.717) is 13.2 Å². The van der Waals surface area contributed by atoms with Gasteiger partial charge < -0.3 is 20.1 Å². The lowest BCUT2D eigenvalue weighted by Gasteiger charge is -2.02. The minimum atomic E-state index is -0.981. The fraction of sp³-hybridized carbons (Fsp3) is 0.625. The fourth-order valence-electron chi connectivity index (χ4n) is 0.318. The Kier molecular flexibility index (Phi) is 12.5. The minimum Gasteiger partial charge on any atom is -0.478 e. The lowest BCUT2D eigenvalue weighted by molar-refractivity contribution is -0.131. The molecule has 0 amide bonds. The number of aliphatic hydroxyl groups excluding tert-OH is 2. The average molecular weight is 192 g/mol. The Morgan fingerprint density at radius 3 is 2.38 bits per heavy atom. The maximum atomic E-state index is 9.25. The maximum absolute atomic E-state index is 9.25. The van der Waals surface area contributed by atoms with Crippen molar-refractivity contribution >= 4 is 5.97 Å². The third-order valence-corrected chi connectivity index (χ3v) is 0.769. The monoisotopic (exact) mass is 192 g/mol. The molecule has 0 aromatic rings. The van der Waals surface area contributed by atoms with Crippen molar-refractivity contribution < 1.29 is 24.9 Å². The number of aliphatic hydroxyl groups is 2. The number of aliphatic carboxylic acids is 1. The van der Waals surface area contributed by atoms with Gasteiger partial charge in [-0.3, -0.25) is 0 Å². The molecule has 1 atom stereocenters. The van der Waals surface area contributed by atoms with Gasteiger partial charge in [0.25, 0.3) is 0 Å². The van der Waals surface area contributed by atoms with Crippen molar-refractivity contribution in [1.29, 1.82) is 0 Å². The van der Waals surface area contributed by atoms with E-state index >= 15 is 0 Å². The van der Waals surface area contributed by atoms with E-state index in [2.05, 4.69) is 6.58 Å². The second kappa shape index (κ2) is 11.1. The minimum absolute atomic E-state index is 0.0206. The smallest absolute Gasteiger partial charge is 0.327 e. The quantitative estimate of drug-likeness (QED) is 0.409. The molecule has 0 heterocycles. The van der Waals surface area contributed by atoms with Crippen LogP contribution in [-0.2, 0) is 9.53 Å². The molecule has 1 unspecified atom stereocenters. The van der Waals surface area contributed by atoms with Gasteiger partial charge in [-0.25, -0.2) is 4.79 Å². The molecule has 0 aromatic heterocycles. The molecule has 0 bridgehead atoms. The molecule has 0 spiro atoms. The highest BCUT2D eigenvalue weighted by atomic mass is 16.5. The summed E-state index contributed by atoms with van der Waals surface area (Å²) in [7, 11) is 0. The van der Waals surface area contributed by atoms with Crippen molar-refractivity contribution in [3.05, 3.63) is 12.7 Å². The molecule has 0 radical (unpaired) electrons. The highest BCUT2D eigenvalue weighted by molar-refractivity contribution is 5.78. The highest BCUT2D eigenvalue weighted by Crippen LogP contribution is 1.80. The zero-order chi connectivity index (χ0) is 10.7. The van der Waals surface area contributed by atoms with Crippen molar-refractivity contribution in [2.75, 3.05) is 19.8 Å². The molecule has 0 aliphatic heterocycles. The molecule has 0 aromatic carbocycles. The summed E-state index contributed by atoms with van der Waals surface area (Å²) in [5.41, 5.74) is 0. The molecular formula is C8H16O5. The van der Waals surface area contributed by atoms with Gasteiger partial charge >= 0.3 is 5.97 Å². The van der Waals surface area contributed by atoms with Gasteiger partial charge in [-0.05, 0) is 6.92 Å². The molecule has 0 aliphatic carbocycles. The van der Waals surface area contributed by atoms with E-state index in [4.69, 9.17) is 20.1 Å². The van der Waals surface area contributed by atoms with Crippen LogP contribution in [-0.4, -0.2) is 47.2 Å². The van der Waals surface area contributed by atoms with E-state index in [1.54, 1.807) is 6.92 Å². The fourth-order valence-corrected chi connectivity index (χ4v) is 0.318. The zero-order valence-electron chi connectivity index (χ0n) is 7.64. The number of carboxylic acids is 1.